The van der Waals surface area contributed by atoms with Gasteiger partial charge in [0.05, 0.1) is 30.1 Å². The number of aromatic amines is 1. The summed E-state index contributed by atoms with van der Waals surface area (Å²) in [6.45, 7) is 0. The molecule has 1 N–H and O–H groups in total. The molecule has 0 radical (unpaired) electrons. The minimum absolute atomic E-state index is 0.264. The largest absolute Gasteiger partial charge is 0.346 e. The van der Waals surface area contributed by atoms with Gasteiger partial charge in [-0.15, -0.1) is 0 Å². The van der Waals surface area contributed by atoms with Crippen molar-refractivity contribution in [3.63, 3.8) is 0 Å². The van der Waals surface area contributed by atoms with Crippen molar-refractivity contribution in [1.29, 1.82) is 5.26 Å². The van der Waals surface area contributed by atoms with Gasteiger partial charge in [-0.2, -0.15) is 10.4 Å². The highest BCUT2D eigenvalue weighted by atomic mass is 79.9. The fourth-order valence-corrected chi connectivity index (χ4v) is 3.12. The maximum atomic E-state index is 9.21. The van der Waals surface area contributed by atoms with Crippen LogP contribution >= 0.6 is 15.9 Å². The van der Waals surface area contributed by atoms with Gasteiger partial charge in [0.25, 0.3) is 0 Å². The van der Waals surface area contributed by atoms with E-state index in [0.29, 0.717) is 0 Å². The van der Waals surface area contributed by atoms with E-state index < -0.39 is 0 Å². The van der Waals surface area contributed by atoms with Gasteiger partial charge in [-0.3, -0.25) is 4.68 Å². The lowest BCUT2D eigenvalue weighted by Gasteiger charge is -2.14. The highest BCUT2D eigenvalue weighted by Crippen LogP contribution is 2.27. The zero-order valence-electron chi connectivity index (χ0n) is 13.0. The summed E-state index contributed by atoms with van der Waals surface area (Å²) >= 11 is 3.37. The van der Waals surface area contributed by atoms with Crippen LogP contribution in [0.5, 0.6) is 0 Å². The highest BCUT2D eigenvalue weighted by Gasteiger charge is 2.18. The summed E-state index contributed by atoms with van der Waals surface area (Å²) in [6.07, 6.45) is 7.26. The number of hydrogen-bond acceptors (Lipinski definition) is 5. The maximum absolute atomic E-state index is 9.21. The third-order valence-corrected chi connectivity index (χ3v) is 4.35. The molecule has 4 heterocycles. The Balaban J connectivity index is 1.76. The van der Waals surface area contributed by atoms with Crippen LogP contribution in [0.2, 0.25) is 0 Å². The lowest BCUT2D eigenvalue weighted by atomic mass is 10.1. The van der Waals surface area contributed by atoms with Gasteiger partial charge in [-0.25, -0.2) is 15.0 Å². The van der Waals surface area contributed by atoms with Crippen molar-refractivity contribution >= 4 is 27.0 Å². The Bertz CT molecular complexity index is 1080. The molecule has 0 aromatic carbocycles. The first-order valence-corrected chi connectivity index (χ1v) is 8.37. The Hall–Kier alpha value is -3.05. The summed E-state index contributed by atoms with van der Waals surface area (Å²) in [6, 6.07) is 9.53. The standard InChI is InChI=1S/C17H12BrN7/c18-15-3-1-2-13(24-15)14(4-6-19)25-9-11(8-23-25)16-12-5-7-20-17(12)22-10-21-16/h1-3,5,7-10,14H,4H2,(H,20,21,22). The van der Waals surface area contributed by atoms with Gasteiger partial charge < -0.3 is 4.98 Å². The molecule has 4 aromatic heterocycles. The molecule has 4 rings (SSSR count). The Morgan fingerprint density at radius 2 is 2.20 bits per heavy atom. The average Bonchev–Trinajstić information content (AvgIpc) is 3.28. The van der Waals surface area contributed by atoms with Crippen LogP contribution in [0.25, 0.3) is 22.3 Å². The van der Waals surface area contributed by atoms with Gasteiger partial charge in [0.2, 0.25) is 0 Å². The monoisotopic (exact) mass is 393 g/mol. The third-order valence-electron chi connectivity index (χ3n) is 3.91. The lowest BCUT2D eigenvalue weighted by molar-refractivity contribution is 0.519. The van der Waals surface area contributed by atoms with Crippen molar-refractivity contribution < 1.29 is 0 Å². The third kappa shape index (κ3) is 2.90. The van der Waals surface area contributed by atoms with Crippen LogP contribution in [-0.2, 0) is 0 Å². The molecule has 4 aromatic rings. The fourth-order valence-electron chi connectivity index (χ4n) is 2.76. The van der Waals surface area contributed by atoms with E-state index in [9.17, 15) is 5.26 Å². The number of rotatable bonds is 4. The fraction of sp³-hybridized carbons (Fsp3) is 0.118. The van der Waals surface area contributed by atoms with E-state index in [1.807, 2.05) is 36.7 Å². The van der Waals surface area contributed by atoms with Crippen LogP contribution in [0.4, 0.5) is 0 Å². The summed E-state index contributed by atoms with van der Waals surface area (Å²) in [4.78, 5) is 16.1. The minimum Gasteiger partial charge on any atom is -0.346 e. The van der Waals surface area contributed by atoms with Gasteiger partial charge in [-0.1, -0.05) is 6.07 Å². The van der Waals surface area contributed by atoms with Crippen LogP contribution in [0.3, 0.4) is 0 Å². The number of hydrogen-bond donors (Lipinski definition) is 1. The smallest absolute Gasteiger partial charge is 0.141 e. The van der Waals surface area contributed by atoms with Crippen LogP contribution < -0.4 is 0 Å². The number of nitriles is 1. The van der Waals surface area contributed by atoms with Gasteiger partial charge in [0.15, 0.2) is 0 Å². The number of nitrogens with zero attached hydrogens (tertiary/aromatic N) is 6. The number of halogens is 1. The number of pyridine rings is 1. The quantitative estimate of drug-likeness (QED) is 0.535. The molecule has 1 atom stereocenters. The second-order valence-corrected chi connectivity index (χ2v) is 6.25. The summed E-state index contributed by atoms with van der Waals surface area (Å²) in [5.41, 5.74) is 3.22. The highest BCUT2D eigenvalue weighted by molar-refractivity contribution is 9.10. The molecular weight excluding hydrogens is 382 g/mol. The van der Waals surface area contributed by atoms with Crippen molar-refractivity contribution in [2.75, 3.05) is 0 Å². The second kappa shape index (κ2) is 6.45. The van der Waals surface area contributed by atoms with Crippen molar-refractivity contribution in [2.45, 2.75) is 12.5 Å². The Morgan fingerprint density at radius 1 is 1.28 bits per heavy atom. The summed E-state index contributed by atoms with van der Waals surface area (Å²) in [5, 5.41) is 14.6. The van der Waals surface area contributed by atoms with E-state index in [0.717, 1.165) is 32.6 Å². The van der Waals surface area contributed by atoms with Gasteiger partial charge >= 0.3 is 0 Å². The molecule has 0 aliphatic rings. The molecular formula is C17H12BrN7. The van der Waals surface area contributed by atoms with Gasteiger partial charge in [0, 0.05) is 23.3 Å². The van der Waals surface area contributed by atoms with E-state index in [4.69, 9.17) is 0 Å². The number of H-pyrrole nitrogens is 1. The van der Waals surface area contributed by atoms with Crippen molar-refractivity contribution in [3.8, 4) is 17.3 Å². The number of fused-ring (bicyclic) bond motifs is 1. The molecule has 0 fully saturated rings. The van der Waals surface area contributed by atoms with E-state index in [2.05, 4.69) is 47.0 Å². The van der Waals surface area contributed by atoms with Gasteiger partial charge in [0.1, 0.15) is 22.6 Å². The van der Waals surface area contributed by atoms with Crippen molar-refractivity contribution in [2.24, 2.45) is 0 Å². The first-order chi connectivity index (χ1) is 12.3. The zero-order valence-corrected chi connectivity index (χ0v) is 14.6. The van der Waals surface area contributed by atoms with E-state index in [1.54, 1.807) is 10.9 Å². The van der Waals surface area contributed by atoms with E-state index in [-0.39, 0.29) is 12.5 Å². The molecule has 0 saturated heterocycles. The Labute approximate surface area is 151 Å². The first kappa shape index (κ1) is 15.5. The van der Waals surface area contributed by atoms with Crippen molar-refractivity contribution in [1.82, 2.24) is 29.7 Å². The molecule has 0 aliphatic carbocycles. The molecule has 0 amide bonds. The van der Waals surface area contributed by atoms with Gasteiger partial charge in [-0.05, 0) is 34.1 Å². The van der Waals surface area contributed by atoms with Crippen LogP contribution in [0.15, 0.2) is 53.8 Å². The van der Waals surface area contributed by atoms with Crippen LogP contribution in [0.1, 0.15) is 18.2 Å². The molecule has 0 bridgehead atoms. The molecule has 0 saturated carbocycles. The first-order valence-electron chi connectivity index (χ1n) is 7.58. The summed E-state index contributed by atoms with van der Waals surface area (Å²) < 4.78 is 2.48. The number of aromatic nitrogens is 6. The summed E-state index contributed by atoms with van der Waals surface area (Å²) in [5.74, 6) is 0. The van der Waals surface area contributed by atoms with Crippen LogP contribution in [0, 0.1) is 11.3 Å². The SMILES string of the molecule is N#CCC(c1cccc(Br)n1)n1cc(-c2ncnc3[nH]ccc23)cn1. The molecule has 1 unspecified atom stereocenters. The zero-order chi connectivity index (χ0) is 17.2. The topological polar surface area (TPSA) is 96.1 Å². The predicted molar refractivity (Wildman–Crippen MR) is 95.4 cm³/mol. The number of nitrogens with one attached hydrogen (secondary N) is 1. The van der Waals surface area contributed by atoms with E-state index >= 15 is 0 Å². The van der Waals surface area contributed by atoms with E-state index in [1.165, 1.54) is 6.33 Å². The second-order valence-electron chi connectivity index (χ2n) is 5.43. The van der Waals surface area contributed by atoms with Crippen molar-refractivity contribution in [3.05, 3.63) is 59.5 Å². The lowest BCUT2D eigenvalue weighted by Crippen LogP contribution is -2.12. The average molecular weight is 394 g/mol. The molecule has 8 heteroatoms. The molecule has 0 spiro atoms. The molecule has 25 heavy (non-hydrogen) atoms. The van der Waals surface area contributed by atoms with Crippen LogP contribution in [-0.4, -0.2) is 29.7 Å². The summed E-state index contributed by atoms with van der Waals surface area (Å²) in [7, 11) is 0. The normalized spacial score (nSPS) is 12.2. The predicted octanol–water partition coefficient (Wildman–Crippen LogP) is 3.48. The molecule has 0 aliphatic heterocycles. The maximum Gasteiger partial charge on any atom is 0.141 e. The Kier molecular flexibility index (Phi) is 3.99. The Morgan fingerprint density at radius 3 is 3.04 bits per heavy atom. The molecule has 7 nitrogen and oxygen atoms in total. The minimum atomic E-state index is -0.264. The molecule has 122 valence electrons.